The van der Waals surface area contributed by atoms with Gasteiger partial charge in [-0.1, -0.05) is 6.92 Å². The van der Waals surface area contributed by atoms with Crippen molar-refractivity contribution in [3.8, 4) is 0 Å². The van der Waals surface area contributed by atoms with Gasteiger partial charge in [-0.25, -0.2) is 9.97 Å². The zero-order valence-electron chi connectivity index (χ0n) is 9.06. The lowest BCUT2D eigenvalue weighted by atomic mass is 10.1. The van der Waals surface area contributed by atoms with Gasteiger partial charge in [0.15, 0.2) is 0 Å². The summed E-state index contributed by atoms with van der Waals surface area (Å²) in [7, 11) is 0. The third kappa shape index (κ3) is 3.28. The van der Waals surface area contributed by atoms with E-state index in [-0.39, 0.29) is 5.54 Å². The van der Waals surface area contributed by atoms with Gasteiger partial charge in [-0.05, 0) is 20.8 Å². The largest absolute Gasteiger partial charge is 0.365 e. The van der Waals surface area contributed by atoms with Crippen LogP contribution in [0.5, 0.6) is 0 Å². The second-order valence-corrected chi connectivity index (χ2v) is 4.22. The number of rotatable bonds is 2. The Bertz CT molecular complexity index is 318. The Hall–Kier alpha value is -1.19. The van der Waals surface area contributed by atoms with Crippen LogP contribution in [0.2, 0.25) is 0 Å². The first kappa shape index (κ1) is 10.9. The number of halogens is 1. The summed E-state index contributed by atoms with van der Waals surface area (Å²) in [6, 6.07) is 1.31. The minimum absolute atomic E-state index is 0.119. The van der Waals surface area contributed by atoms with Crippen molar-refractivity contribution in [1.29, 1.82) is 0 Å². The molecule has 78 valence electrons. The Morgan fingerprint density at radius 2 is 2.00 bits per heavy atom. The van der Waals surface area contributed by atoms with Gasteiger partial charge in [-0.3, -0.25) is 0 Å². The molecule has 0 saturated heterocycles. The van der Waals surface area contributed by atoms with E-state index in [0.717, 1.165) is 0 Å². The highest BCUT2D eigenvalue weighted by Crippen LogP contribution is 2.12. The highest BCUT2D eigenvalue weighted by Gasteiger charge is 2.11. The molecule has 1 aromatic heterocycles. The quantitative estimate of drug-likeness (QED) is 0.740. The van der Waals surface area contributed by atoms with Gasteiger partial charge in [-0.15, -0.1) is 0 Å². The topological polar surface area (TPSA) is 37.8 Å². The molecule has 0 aliphatic rings. The van der Waals surface area contributed by atoms with Crippen LogP contribution in [0.25, 0.3) is 0 Å². The van der Waals surface area contributed by atoms with Crippen molar-refractivity contribution < 1.29 is 4.39 Å². The molecule has 0 radical (unpaired) electrons. The molecule has 1 aromatic rings. The Kier molecular flexibility index (Phi) is 3.03. The van der Waals surface area contributed by atoms with E-state index in [2.05, 4.69) is 15.3 Å². The second-order valence-electron chi connectivity index (χ2n) is 4.22. The summed E-state index contributed by atoms with van der Waals surface area (Å²) in [6.45, 7) is 7.89. The minimum Gasteiger partial charge on any atom is -0.365 e. The third-order valence-corrected chi connectivity index (χ3v) is 1.56. The number of nitrogens with one attached hydrogen (secondary N) is 1. The molecule has 0 unspecified atom stereocenters. The van der Waals surface area contributed by atoms with E-state index in [0.29, 0.717) is 18.1 Å². The summed E-state index contributed by atoms with van der Waals surface area (Å²) in [5.41, 5.74) is -0.119. The van der Waals surface area contributed by atoms with E-state index < -0.39 is 5.95 Å². The van der Waals surface area contributed by atoms with Crippen LogP contribution in [0.15, 0.2) is 6.07 Å². The molecule has 0 saturated carbocycles. The van der Waals surface area contributed by atoms with Crippen LogP contribution in [0.4, 0.5) is 10.2 Å². The Morgan fingerprint density at radius 1 is 1.36 bits per heavy atom. The lowest BCUT2D eigenvalue weighted by Gasteiger charge is -2.21. The van der Waals surface area contributed by atoms with Crippen molar-refractivity contribution >= 4 is 5.82 Å². The van der Waals surface area contributed by atoms with E-state index in [1.54, 1.807) is 0 Å². The van der Waals surface area contributed by atoms with Crippen molar-refractivity contribution in [3.05, 3.63) is 17.8 Å². The number of anilines is 1. The smallest absolute Gasteiger partial charge is 0.218 e. The van der Waals surface area contributed by atoms with Gasteiger partial charge >= 0.3 is 0 Å². The fraction of sp³-hybridized carbons (Fsp3) is 0.600. The van der Waals surface area contributed by atoms with Gasteiger partial charge in [0.2, 0.25) is 5.95 Å². The summed E-state index contributed by atoms with van der Waals surface area (Å²) in [4.78, 5) is 7.84. The molecule has 1 heterocycles. The Labute approximate surface area is 83.8 Å². The summed E-state index contributed by atoms with van der Waals surface area (Å²) in [5, 5.41) is 3.11. The monoisotopic (exact) mass is 197 g/mol. The first-order chi connectivity index (χ1) is 6.40. The fourth-order valence-corrected chi connectivity index (χ4v) is 1.07. The molecule has 0 atom stereocenters. The zero-order valence-corrected chi connectivity index (χ0v) is 9.06. The number of nitrogens with zero attached hydrogens (tertiary/aromatic N) is 2. The molecule has 1 N–H and O–H groups in total. The van der Waals surface area contributed by atoms with Crippen LogP contribution in [0.3, 0.4) is 0 Å². The van der Waals surface area contributed by atoms with E-state index in [1.807, 2.05) is 27.7 Å². The predicted octanol–water partition coefficient (Wildman–Crippen LogP) is 2.39. The number of hydrogen-bond acceptors (Lipinski definition) is 3. The normalized spacial score (nSPS) is 11.5. The maximum Gasteiger partial charge on any atom is 0.218 e. The van der Waals surface area contributed by atoms with Crippen LogP contribution in [0.1, 0.15) is 33.5 Å². The maximum absolute atomic E-state index is 13.0. The fourth-order valence-electron chi connectivity index (χ4n) is 1.07. The third-order valence-electron chi connectivity index (χ3n) is 1.56. The molecule has 0 aromatic carbocycles. The van der Waals surface area contributed by atoms with Crippen LogP contribution >= 0.6 is 0 Å². The highest BCUT2D eigenvalue weighted by atomic mass is 19.1. The molecule has 0 aliphatic heterocycles. The van der Waals surface area contributed by atoms with Crippen molar-refractivity contribution in [2.75, 3.05) is 5.32 Å². The van der Waals surface area contributed by atoms with Crippen molar-refractivity contribution in [2.24, 2.45) is 0 Å². The van der Waals surface area contributed by atoms with Gasteiger partial charge in [-0.2, -0.15) is 4.39 Å². The molecule has 0 spiro atoms. The molecule has 1 rings (SSSR count). The van der Waals surface area contributed by atoms with Crippen LogP contribution in [0, 0.1) is 5.95 Å². The van der Waals surface area contributed by atoms with Gasteiger partial charge in [0.1, 0.15) is 11.6 Å². The molecule has 4 heteroatoms. The molecular weight excluding hydrogens is 181 g/mol. The van der Waals surface area contributed by atoms with Crippen molar-refractivity contribution in [1.82, 2.24) is 9.97 Å². The van der Waals surface area contributed by atoms with Gasteiger partial charge in [0.25, 0.3) is 0 Å². The lowest BCUT2D eigenvalue weighted by molar-refractivity contribution is 0.567. The van der Waals surface area contributed by atoms with Crippen molar-refractivity contribution in [3.63, 3.8) is 0 Å². The molecule has 0 amide bonds. The molecule has 14 heavy (non-hydrogen) atoms. The molecule has 3 nitrogen and oxygen atoms in total. The lowest BCUT2D eigenvalue weighted by Crippen LogP contribution is -2.27. The summed E-state index contributed by atoms with van der Waals surface area (Å²) in [5.74, 6) is 0.585. The SMILES string of the molecule is CCc1nc(F)cc(NC(C)(C)C)n1. The summed E-state index contributed by atoms with van der Waals surface area (Å²) < 4.78 is 13.0. The highest BCUT2D eigenvalue weighted by molar-refractivity contribution is 5.36. The first-order valence-electron chi connectivity index (χ1n) is 4.72. The summed E-state index contributed by atoms with van der Waals surface area (Å²) in [6.07, 6.45) is 0.635. The van der Waals surface area contributed by atoms with E-state index >= 15 is 0 Å². The van der Waals surface area contributed by atoms with Gasteiger partial charge < -0.3 is 5.32 Å². The van der Waals surface area contributed by atoms with E-state index in [9.17, 15) is 4.39 Å². The van der Waals surface area contributed by atoms with Gasteiger partial charge in [0.05, 0.1) is 0 Å². The Morgan fingerprint density at radius 3 is 2.50 bits per heavy atom. The van der Waals surface area contributed by atoms with E-state index in [1.165, 1.54) is 6.07 Å². The number of aryl methyl sites for hydroxylation is 1. The van der Waals surface area contributed by atoms with Crippen molar-refractivity contribution in [2.45, 2.75) is 39.7 Å². The maximum atomic E-state index is 13.0. The molecule has 0 fully saturated rings. The average Bonchev–Trinajstić information content (AvgIpc) is 1.99. The Balaban J connectivity index is 2.92. The number of aromatic nitrogens is 2. The predicted molar refractivity (Wildman–Crippen MR) is 54.7 cm³/mol. The van der Waals surface area contributed by atoms with Gasteiger partial charge in [0, 0.05) is 18.0 Å². The number of hydrogen-bond donors (Lipinski definition) is 1. The summed E-state index contributed by atoms with van der Waals surface area (Å²) >= 11 is 0. The minimum atomic E-state index is -0.483. The second kappa shape index (κ2) is 3.90. The molecule has 0 bridgehead atoms. The zero-order chi connectivity index (χ0) is 10.8. The first-order valence-corrected chi connectivity index (χ1v) is 4.72. The van der Waals surface area contributed by atoms with E-state index in [4.69, 9.17) is 0 Å². The molecule has 0 aliphatic carbocycles. The van der Waals surface area contributed by atoms with Crippen LogP contribution < -0.4 is 5.32 Å². The van der Waals surface area contributed by atoms with Crippen LogP contribution in [-0.2, 0) is 6.42 Å². The average molecular weight is 197 g/mol. The van der Waals surface area contributed by atoms with Crippen LogP contribution in [-0.4, -0.2) is 15.5 Å². The molecular formula is C10H16FN3. The standard InChI is InChI=1S/C10H16FN3/c1-5-8-12-7(11)6-9(13-8)14-10(2,3)4/h6H,5H2,1-4H3,(H,12,13,14).